The van der Waals surface area contributed by atoms with Gasteiger partial charge in [0.1, 0.15) is 18.2 Å². The van der Waals surface area contributed by atoms with Crippen LogP contribution in [0.15, 0.2) is 66.0 Å². The van der Waals surface area contributed by atoms with Gasteiger partial charge >= 0.3 is 0 Å². The van der Waals surface area contributed by atoms with Crippen LogP contribution in [0.3, 0.4) is 0 Å². The van der Waals surface area contributed by atoms with Crippen molar-refractivity contribution >= 4 is 23.2 Å². The van der Waals surface area contributed by atoms with E-state index in [2.05, 4.69) is 0 Å². The Balaban J connectivity index is 1.48. The van der Waals surface area contributed by atoms with Gasteiger partial charge in [-0.2, -0.15) is 0 Å². The molecule has 2 aromatic carbocycles. The van der Waals surface area contributed by atoms with Crippen molar-refractivity contribution in [3.63, 3.8) is 0 Å². The molecule has 35 heavy (non-hydrogen) atoms. The van der Waals surface area contributed by atoms with Gasteiger partial charge in [0.15, 0.2) is 0 Å². The van der Waals surface area contributed by atoms with Gasteiger partial charge in [-0.05, 0) is 41.1 Å². The summed E-state index contributed by atoms with van der Waals surface area (Å²) in [6.07, 6.45) is 0.976. The molecule has 2 amide bonds. The van der Waals surface area contributed by atoms with Crippen molar-refractivity contribution in [2.45, 2.75) is 18.9 Å². The zero-order valence-electron chi connectivity index (χ0n) is 19.7. The van der Waals surface area contributed by atoms with Crippen LogP contribution in [0.4, 0.5) is 4.39 Å². The summed E-state index contributed by atoms with van der Waals surface area (Å²) in [6.45, 7) is 1.37. The number of methoxy groups -OCH3 is 1. The molecule has 0 radical (unpaired) electrons. The maximum atomic E-state index is 13.6. The third-order valence-corrected chi connectivity index (χ3v) is 7.06. The summed E-state index contributed by atoms with van der Waals surface area (Å²) in [5.74, 6) is -0.227. The van der Waals surface area contributed by atoms with Crippen molar-refractivity contribution in [1.29, 1.82) is 0 Å². The fraction of sp³-hybridized carbons (Fsp3) is 0.333. The van der Waals surface area contributed by atoms with Crippen molar-refractivity contribution in [3.8, 4) is 5.75 Å². The van der Waals surface area contributed by atoms with Crippen molar-refractivity contribution in [2.75, 3.05) is 40.0 Å². The molecule has 0 bridgehead atoms. The largest absolute Gasteiger partial charge is 0.491 e. The Bertz CT molecular complexity index is 1140. The highest BCUT2D eigenvalue weighted by molar-refractivity contribution is 7.10. The zero-order valence-corrected chi connectivity index (χ0v) is 20.5. The van der Waals surface area contributed by atoms with Crippen LogP contribution >= 0.6 is 11.3 Å². The van der Waals surface area contributed by atoms with Crippen molar-refractivity contribution in [1.82, 2.24) is 9.80 Å². The van der Waals surface area contributed by atoms with Gasteiger partial charge in [0, 0.05) is 31.1 Å². The number of nitrogens with zero attached hydrogens (tertiary/aromatic N) is 2. The highest BCUT2D eigenvalue weighted by Crippen LogP contribution is 2.34. The minimum atomic E-state index is -0.374. The Morgan fingerprint density at radius 2 is 1.97 bits per heavy atom. The van der Waals surface area contributed by atoms with Crippen LogP contribution in [0, 0.1) is 5.82 Å². The molecule has 3 aromatic rings. The lowest BCUT2D eigenvalue weighted by Crippen LogP contribution is -2.48. The molecule has 4 rings (SSSR count). The van der Waals surface area contributed by atoms with E-state index in [4.69, 9.17) is 9.47 Å². The number of hydrogen-bond donors (Lipinski definition) is 0. The summed E-state index contributed by atoms with van der Waals surface area (Å²) in [4.78, 5) is 31.1. The molecule has 1 aromatic heterocycles. The molecule has 0 spiro atoms. The van der Waals surface area contributed by atoms with Crippen LogP contribution in [0.25, 0.3) is 0 Å². The molecule has 8 heteroatoms. The number of benzene rings is 2. The molecule has 0 unspecified atom stereocenters. The first-order valence-corrected chi connectivity index (χ1v) is 12.5. The van der Waals surface area contributed by atoms with Crippen LogP contribution in [-0.2, 0) is 27.2 Å². The minimum Gasteiger partial charge on any atom is -0.491 e. The Morgan fingerprint density at radius 1 is 1.14 bits per heavy atom. The molecule has 0 aliphatic carbocycles. The Kier molecular flexibility index (Phi) is 8.50. The van der Waals surface area contributed by atoms with E-state index in [1.807, 2.05) is 41.8 Å². The van der Waals surface area contributed by atoms with E-state index < -0.39 is 0 Å². The number of halogens is 1. The number of fused-ring (bicyclic) bond motifs is 1. The molecule has 184 valence electrons. The highest BCUT2D eigenvalue weighted by atomic mass is 32.1. The Hall–Kier alpha value is -3.23. The second-order valence-electron chi connectivity index (χ2n) is 8.39. The Morgan fingerprint density at radius 3 is 2.74 bits per heavy atom. The molecule has 1 aliphatic heterocycles. The van der Waals surface area contributed by atoms with Gasteiger partial charge in [-0.25, -0.2) is 4.39 Å². The number of carbonyl (C=O) groups excluding carboxylic acids is 2. The molecule has 0 N–H and O–H groups in total. The topological polar surface area (TPSA) is 59.1 Å². The third kappa shape index (κ3) is 6.46. The van der Waals surface area contributed by atoms with Gasteiger partial charge in [0.2, 0.25) is 11.8 Å². The average Bonchev–Trinajstić information content (AvgIpc) is 3.35. The molecule has 1 aliphatic rings. The number of ether oxygens (including phenoxy) is 2. The number of hydrogen-bond acceptors (Lipinski definition) is 5. The first kappa shape index (κ1) is 24.9. The lowest BCUT2D eigenvalue weighted by atomic mass is 10.0. The van der Waals surface area contributed by atoms with Gasteiger partial charge in [-0.1, -0.05) is 36.4 Å². The van der Waals surface area contributed by atoms with E-state index in [1.54, 1.807) is 40.4 Å². The molecule has 0 fully saturated rings. The highest BCUT2D eigenvalue weighted by Gasteiger charge is 2.33. The summed E-state index contributed by atoms with van der Waals surface area (Å²) in [5.41, 5.74) is 1.94. The zero-order chi connectivity index (χ0) is 24.6. The van der Waals surface area contributed by atoms with Gasteiger partial charge < -0.3 is 19.3 Å². The van der Waals surface area contributed by atoms with Crippen molar-refractivity contribution < 1.29 is 23.5 Å². The second-order valence-corrected chi connectivity index (χ2v) is 9.39. The van der Waals surface area contributed by atoms with Crippen LogP contribution in [0.5, 0.6) is 5.75 Å². The second kappa shape index (κ2) is 12.0. The number of amides is 2. The Labute approximate surface area is 208 Å². The lowest BCUT2D eigenvalue weighted by molar-refractivity contribution is -0.142. The smallest absolute Gasteiger partial charge is 0.242 e. The standard InChI is InChI=1S/C27H29FN2O4S/c1-33-14-13-29(26(31)16-20-6-3-2-4-7-20)18-27(32)30-12-10-25-23(11-15-35-25)24(30)19-34-22-9-5-8-21(28)17-22/h2-9,11,15,17,24H,10,12-14,16,18-19H2,1H3/t24-/m0/s1. The van der Waals surface area contributed by atoms with E-state index in [-0.39, 0.29) is 43.2 Å². The molecule has 2 heterocycles. The van der Waals surface area contributed by atoms with Crippen LogP contribution < -0.4 is 4.74 Å². The number of carbonyl (C=O) groups is 2. The maximum absolute atomic E-state index is 13.6. The lowest BCUT2D eigenvalue weighted by Gasteiger charge is -2.37. The van der Waals surface area contributed by atoms with E-state index in [0.717, 1.165) is 17.5 Å². The number of rotatable bonds is 10. The minimum absolute atomic E-state index is 0.0367. The molecule has 6 nitrogen and oxygen atoms in total. The molecule has 0 saturated heterocycles. The molecule has 0 saturated carbocycles. The van der Waals surface area contributed by atoms with E-state index in [1.165, 1.54) is 17.0 Å². The molecule has 1 atom stereocenters. The predicted molar refractivity (Wildman–Crippen MR) is 133 cm³/mol. The van der Waals surface area contributed by atoms with Gasteiger partial charge in [-0.3, -0.25) is 9.59 Å². The summed E-state index contributed by atoms with van der Waals surface area (Å²) in [7, 11) is 1.57. The fourth-order valence-electron chi connectivity index (χ4n) is 4.24. The summed E-state index contributed by atoms with van der Waals surface area (Å²) in [5, 5.41) is 2.02. The summed E-state index contributed by atoms with van der Waals surface area (Å²) in [6, 6.07) is 17.2. The van der Waals surface area contributed by atoms with E-state index in [0.29, 0.717) is 25.4 Å². The van der Waals surface area contributed by atoms with Crippen LogP contribution in [-0.4, -0.2) is 61.6 Å². The summed E-state index contributed by atoms with van der Waals surface area (Å²) < 4.78 is 24.7. The number of thiophene rings is 1. The van der Waals surface area contributed by atoms with Gasteiger partial charge in [0.05, 0.1) is 25.6 Å². The van der Waals surface area contributed by atoms with Gasteiger partial charge in [-0.15, -0.1) is 11.3 Å². The SMILES string of the molecule is COCCN(CC(=O)N1CCc2sccc2[C@@H]1COc1cccc(F)c1)C(=O)Cc1ccccc1. The van der Waals surface area contributed by atoms with Crippen molar-refractivity contribution in [2.24, 2.45) is 0 Å². The first-order chi connectivity index (χ1) is 17.0. The van der Waals surface area contributed by atoms with Gasteiger partial charge in [0.25, 0.3) is 0 Å². The quantitative estimate of drug-likeness (QED) is 0.424. The van der Waals surface area contributed by atoms with E-state index in [9.17, 15) is 14.0 Å². The fourth-order valence-corrected chi connectivity index (χ4v) is 5.16. The molecular formula is C27H29FN2O4S. The molecular weight excluding hydrogens is 467 g/mol. The summed E-state index contributed by atoms with van der Waals surface area (Å²) >= 11 is 1.66. The normalized spacial score (nSPS) is 14.9. The average molecular weight is 497 g/mol. The first-order valence-electron chi connectivity index (χ1n) is 11.6. The monoisotopic (exact) mass is 496 g/mol. The van der Waals surface area contributed by atoms with Crippen LogP contribution in [0.2, 0.25) is 0 Å². The maximum Gasteiger partial charge on any atom is 0.242 e. The van der Waals surface area contributed by atoms with Crippen LogP contribution in [0.1, 0.15) is 22.0 Å². The predicted octanol–water partition coefficient (Wildman–Crippen LogP) is 4.11. The third-order valence-electron chi connectivity index (χ3n) is 6.06. The van der Waals surface area contributed by atoms with E-state index >= 15 is 0 Å². The van der Waals surface area contributed by atoms with Crippen molar-refractivity contribution in [3.05, 3.63) is 87.9 Å².